The predicted octanol–water partition coefficient (Wildman–Crippen LogP) is 7.02. The molecule has 2 N–H and O–H groups in total. The summed E-state index contributed by atoms with van der Waals surface area (Å²) in [5.74, 6) is -2.50. The molecule has 1 saturated heterocycles. The molecule has 3 aromatic rings. The van der Waals surface area contributed by atoms with Crippen LogP contribution in [0.15, 0.2) is 96.0 Å². The number of β-lactam (4-membered cyclic amide) rings is 1. The second-order valence-corrected chi connectivity index (χ2v) is 15.9. The van der Waals surface area contributed by atoms with Gasteiger partial charge in [-0.15, -0.1) is 0 Å². The van der Waals surface area contributed by atoms with Gasteiger partial charge in [-0.3, -0.25) is 20.4 Å². The normalized spacial score (nSPS) is 14.6. The molecule has 1 aliphatic rings. The van der Waals surface area contributed by atoms with Gasteiger partial charge in [-0.2, -0.15) is 0 Å². The van der Waals surface area contributed by atoms with Crippen molar-refractivity contribution in [1.82, 2.24) is 25.3 Å². The number of nitrogens with zero attached hydrogens (tertiary/aromatic N) is 4. The number of guanidine groups is 1. The summed E-state index contributed by atoms with van der Waals surface area (Å²) in [5.41, 5.74) is 1.49. The Labute approximate surface area is 357 Å². The third kappa shape index (κ3) is 15.0. The van der Waals surface area contributed by atoms with Gasteiger partial charge >= 0.3 is 30.3 Å². The van der Waals surface area contributed by atoms with Crippen LogP contribution in [0.1, 0.15) is 78.0 Å². The van der Waals surface area contributed by atoms with E-state index in [0.717, 1.165) is 21.6 Å². The summed E-state index contributed by atoms with van der Waals surface area (Å²) in [6.07, 6.45) is -1.98. The Balaban J connectivity index is 1.47. The maximum absolute atomic E-state index is 14.2. The molecule has 16 heteroatoms. The van der Waals surface area contributed by atoms with Crippen molar-refractivity contribution in [1.29, 1.82) is 0 Å². The summed E-state index contributed by atoms with van der Waals surface area (Å²) in [7, 11) is 0. The summed E-state index contributed by atoms with van der Waals surface area (Å²) >= 11 is 0. The fraction of sp³-hybridized carbons (Fsp3) is 0.444. The van der Waals surface area contributed by atoms with Gasteiger partial charge in [0.05, 0.1) is 5.92 Å². The number of esters is 1. The number of hydrogen-bond acceptors (Lipinski definition) is 11. The lowest BCUT2D eigenvalue weighted by Gasteiger charge is -2.46. The summed E-state index contributed by atoms with van der Waals surface area (Å²) in [6, 6.07) is 24.5. The van der Waals surface area contributed by atoms with Crippen LogP contribution in [-0.4, -0.2) is 100 Å². The minimum atomic E-state index is -1.24. The van der Waals surface area contributed by atoms with Crippen molar-refractivity contribution in [2.45, 2.75) is 105 Å². The molecule has 0 aliphatic carbocycles. The maximum Gasteiger partial charge on any atom is 0.414 e. The molecule has 1 fully saturated rings. The summed E-state index contributed by atoms with van der Waals surface area (Å²) < 4.78 is 21.9. The van der Waals surface area contributed by atoms with E-state index in [1.807, 2.05) is 32.0 Å². The molecule has 3 aromatic carbocycles. The summed E-state index contributed by atoms with van der Waals surface area (Å²) in [4.78, 5) is 88.5. The molecular formula is C45H58N6O10. The first kappa shape index (κ1) is 47.2. The van der Waals surface area contributed by atoms with Crippen LogP contribution in [-0.2, 0) is 48.4 Å². The first-order valence-electron chi connectivity index (χ1n) is 20.4. The van der Waals surface area contributed by atoms with E-state index in [2.05, 4.69) is 15.6 Å². The molecule has 2 atom stereocenters. The van der Waals surface area contributed by atoms with Crippen molar-refractivity contribution >= 4 is 42.1 Å². The monoisotopic (exact) mass is 842 g/mol. The molecule has 6 amide bonds. The van der Waals surface area contributed by atoms with Crippen LogP contribution in [0.25, 0.3) is 0 Å². The molecule has 1 aliphatic heterocycles. The fourth-order valence-electron chi connectivity index (χ4n) is 6.26. The minimum absolute atomic E-state index is 0.00933. The number of hydrogen-bond donors (Lipinski definition) is 2. The number of ether oxygens (including phenoxy) is 4. The number of benzene rings is 3. The van der Waals surface area contributed by atoms with Gasteiger partial charge in [0.1, 0.15) is 25.4 Å². The Morgan fingerprint density at radius 3 is 1.57 bits per heavy atom. The third-order valence-electron chi connectivity index (χ3n) is 9.40. The van der Waals surface area contributed by atoms with Crippen LogP contribution in [0.2, 0.25) is 0 Å². The quantitative estimate of drug-likeness (QED) is 0.0379. The highest BCUT2D eigenvalue weighted by atomic mass is 16.6. The smallest absolute Gasteiger partial charge is 0.414 e. The Morgan fingerprint density at radius 1 is 0.689 bits per heavy atom. The van der Waals surface area contributed by atoms with Crippen LogP contribution >= 0.6 is 0 Å². The topological polar surface area (TPSA) is 185 Å². The number of likely N-dealkylation sites (tertiary alicyclic amines) is 1. The molecular weight excluding hydrogens is 785 g/mol. The van der Waals surface area contributed by atoms with Crippen molar-refractivity contribution in [3.63, 3.8) is 0 Å². The van der Waals surface area contributed by atoms with Crippen LogP contribution in [0.4, 0.5) is 19.2 Å². The minimum Gasteiger partial charge on any atom is -0.459 e. The second-order valence-electron chi connectivity index (χ2n) is 15.9. The molecule has 2 unspecified atom stereocenters. The highest BCUT2D eigenvalue weighted by molar-refractivity contribution is 6.08. The standard InChI is InChI=1S/C45H58N6O10/c1-31(2)49(26-27-50(32(3)4)44(57)61-45(5,6)7)43(56)51-37(39(53)58-28-33-18-11-8-12-19-33)36(38(51)52)24-17-25-46-40(47-41(54)59-29-34-20-13-9-14-21-34)48-42(55)60-30-35-22-15-10-16-23-35/h8-16,18-23,31-32,36-37H,17,24-30H2,1-7H3,(H2,46,47,48,54,55). The van der Waals surface area contributed by atoms with Gasteiger partial charge in [-0.05, 0) is 78.0 Å². The lowest BCUT2D eigenvalue weighted by Crippen LogP contribution is -2.69. The number of nitrogens with one attached hydrogen (secondary N) is 2. The molecule has 4 rings (SSSR count). The van der Waals surface area contributed by atoms with E-state index >= 15 is 0 Å². The van der Waals surface area contributed by atoms with E-state index in [4.69, 9.17) is 18.9 Å². The molecule has 0 aromatic heterocycles. The van der Waals surface area contributed by atoms with Crippen LogP contribution in [0, 0.1) is 5.92 Å². The highest BCUT2D eigenvalue weighted by Crippen LogP contribution is 2.33. The van der Waals surface area contributed by atoms with Gasteiger partial charge in [0, 0.05) is 31.7 Å². The Morgan fingerprint density at radius 2 is 1.13 bits per heavy atom. The molecule has 1 heterocycles. The molecule has 328 valence electrons. The number of carbonyl (C=O) groups excluding carboxylic acids is 6. The molecule has 61 heavy (non-hydrogen) atoms. The Bertz CT molecular complexity index is 1890. The van der Waals surface area contributed by atoms with Gasteiger partial charge in [0.2, 0.25) is 11.9 Å². The van der Waals surface area contributed by atoms with Crippen LogP contribution < -0.4 is 10.6 Å². The number of aliphatic imine (C=N–C) groups is 1. The first-order valence-corrected chi connectivity index (χ1v) is 20.4. The Hall–Kier alpha value is -6.45. The number of rotatable bonds is 16. The molecule has 0 spiro atoms. The van der Waals surface area contributed by atoms with Crippen LogP contribution in [0.5, 0.6) is 0 Å². The molecule has 16 nitrogen and oxygen atoms in total. The van der Waals surface area contributed by atoms with Crippen molar-refractivity contribution in [3.8, 4) is 0 Å². The van der Waals surface area contributed by atoms with Crippen molar-refractivity contribution < 1.29 is 47.7 Å². The van der Waals surface area contributed by atoms with Gasteiger partial charge < -0.3 is 28.7 Å². The summed E-state index contributed by atoms with van der Waals surface area (Å²) in [6.45, 7) is 12.6. The third-order valence-corrected chi connectivity index (χ3v) is 9.40. The average molecular weight is 843 g/mol. The number of urea groups is 1. The van der Waals surface area contributed by atoms with Gasteiger partial charge in [-0.25, -0.2) is 28.9 Å². The van der Waals surface area contributed by atoms with Gasteiger partial charge in [0.25, 0.3) is 0 Å². The van der Waals surface area contributed by atoms with Crippen LogP contribution in [0.3, 0.4) is 0 Å². The zero-order chi connectivity index (χ0) is 44.5. The van der Waals surface area contributed by atoms with Gasteiger partial charge in [-0.1, -0.05) is 91.0 Å². The average Bonchev–Trinajstić information content (AvgIpc) is 3.21. The highest BCUT2D eigenvalue weighted by Gasteiger charge is 2.56. The largest absolute Gasteiger partial charge is 0.459 e. The lowest BCUT2D eigenvalue weighted by molar-refractivity contribution is -0.171. The number of alkyl carbamates (subject to hydrolysis) is 2. The SMILES string of the molecule is CC(C)N(CCN(C(=O)N1C(=O)C(CCCN=C(NC(=O)OCc2ccccc2)NC(=O)OCc2ccccc2)C1C(=O)OCc1ccccc1)C(C)C)C(=O)OC(C)(C)C. The van der Waals surface area contributed by atoms with E-state index < -0.39 is 59.8 Å². The number of imide groups is 1. The predicted molar refractivity (Wildman–Crippen MR) is 227 cm³/mol. The number of amides is 6. The van der Waals surface area contributed by atoms with E-state index in [0.29, 0.717) is 0 Å². The zero-order valence-electron chi connectivity index (χ0n) is 36.0. The lowest BCUT2D eigenvalue weighted by atomic mass is 9.83. The molecule has 0 bridgehead atoms. The maximum atomic E-state index is 14.2. The van der Waals surface area contributed by atoms with Crippen molar-refractivity contribution in [3.05, 3.63) is 108 Å². The second kappa shape index (κ2) is 22.8. The molecule has 0 radical (unpaired) electrons. The van der Waals surface area contributed by atoms with E-state index in [9.17, 15) is 28.8 Å². The number of carbonyl (C=O) groups is 6. The first-order chi connectivity index (χ1) is 29.0. The summed E-state index contributed by atoms with van der Waals surface area (Å²) in [5, 5.41) is 4.87. The van der Waals surface area contributed by atoms with E-state index in [-0.39, 0.29) is 64.3 Å². The fourth-order valence-corrected chi connectivity index (χ4v) is 6.26. The zero-order valence-corrected chi connectivity index (χ0v) is 36.0. The van der Waals surface area contributed by atoms with Crippen molar-refractivity contribution in [2.24, 2.45) is 10.9 Å². The Kier molecular flexibility index (Phi) is 17.6. The van der Waals surface area contributed by atoms with E-state index in [1.54, 1.807) is 107 Å². The van der Waals surface area contributed by atoms with Crippen molar-refractivity contribution in [2.75, 3.05) is 19.6 Å². The molecule has 0 saturated carbocycles. The van der Waals surface area contributed by atoms with E-state index in [1.165, 1.54) is 9.80 Å². The van der Waals surface area contributed by atoms with Gasteiger partial charge in [0.15, 0.2) is 6.04 Å².